The Balaban J connectivity index is 1.87. The molecule has 4 rings (SSSR count). The molecule has 0 radical (unpaired) electrons. The zero-order valence-electron chi connectivity index (χ0n) is 13.7. The number of hydrogen-bond acceptors (Lipinski definition) is 3. The Labute approximate surface area is 152 Å². The Kier molecular flexibility index (Phi) is 4.44. The van der Waals surface area contributed by atoms with Crippen molar-refractivity contribution >= 4 is 43.3 Å². The van der Waals surface area contributed by atoms with E-state index in [9.17, 15) is 8.42 Å². The summed E-state index contributed by atoms with van der Waals surface area (Å²) in [6, 6.07) is 15.2. The van der Waals surface area contributed by atoms with Gasteiger partial charge < -0.3 is 0 Å². The second-order valence-electron chi connectivity index (χ2n) is 6.61. The number of benzene rings is 3. The predicted octanol–water partition coefficient (Wildman–Crippen LogP) is 5.68. The van der Waals surface area contributed by atoms with Crippen LogP contribution in [0.5, 0.6) is 0 Å². The van der Waals surface area contributed by atoms with Crippen molar-refractivity contribution in [2.45, 2.75) is 43.1 Å². The molecule has 1 aliphatic rings. The van der Waals surface area contributed by atoms with Crippen molar-refractivity contribution in [1.82, 2.24) is 0 Å². The molecule has 5 heteroatoms. The Bertz CT molecular complexity index is 1040. The summed E-state index contributed by atoms with van der Waals surface area (Å²) in [6.45, 7) is 0. The van der Waals surface area contributed by atoms with Crippen LogP contribution in [0.3, 0.4) is 0 Å². The molecule has 130 valence electrons. The van der Waals surface area contributed by atoms with Crippen LogP contribution in [0.2, 0.25) is 5.02 Å². The van der Waals surface area contributed by atoms with Crippen molar-refractivity contribution in [1.29, 1.82) is 0 Å². The molecule has 0 amide bonds. The van der Waals surface area contributed by atoms with Crippen molar-refractivity contribution in [3.05, 3.63) is 53.6 Å². The largest absolute Gasteiger partial charge is 0.299 e. The molecular formula is C20H19ClO3S. The van der Waals surface area contributed by atoms with Crippen LogP contribution in [-0.2, 0) is 14.3 Å². The van der Waals surface area contributed by atoms with E-state index < -0.39 is 10.1 Å². The van der Waals surface area contributed by atoms with E-state index in [0.717, 1.165) is 48.3 Å². The number of halogens is 1. The van der Waals surface area contributed by atoms with E-state index in [4.69, 9.17) is 15.8 Å². The molecule has 0 atom stereocenters. The number of rotatable bonds is 3. The van der Waals surface area contributed by atoms with Gasteiger partial charge in [0.25, 0.3) is 10.1 Å². The normalized spacial score (nSPS) is 16.5. The van der Waals surface area contributed by atoms with Gasteiger partial charge in [-0.2, -0.15) is 8.42 Å². The van der Waals surface area contributed by atoms with Gasteiger partial charge in [0.15, 0.2) is 0 Å². The van der Waals surface area contributed by atoms with Gasteiger partial charge in [-0.1, -0.05) is 61.2 Å². The minimum Gasteiger partial charge on any atom is -0.263 e. The molecule has 0 aromatic heterocycles. The van der Waals surface area contributed by atoms with E-state index in [-0.39, 0.29) is 16.0 Å². The summed E-state index contributed by atoms with van der Waals surface area (Å²) in [5.74, 6) is 0. The minimum absolute atomic E-state index is 0.0861. The molecule has 1 fully saturated rings. The summed E-state index contributed by atoms with van der Waals surface area (Å²) < 4.78 is 31.5. The Hall–Kier alpha value is -1.62. The lowest BCUT2D eigenvalue weighted by molar-refractivity contribution is 0.162. The number of fused-ring (bicyclic) bond motifs is 2. The van der Waals surface area contributed by atoms with Gasteiger partial charge in [-0.3, -0.25) is 4.18 Å². The molecule has 1 aliphatic carbocycles. The molecule has 0 saturated heterocycles. The highest BCUT2D eigenvalue weighted by Crippen LogP contribution is 2.35. The van der Waals surface area contributed by atoms with Crippen molar-refractivity contribution in [2.24, 2.45) is 0 Å². The second-order valence-corrected chi connectivity index (χ2v) is 8.52. The van der Waals surface area contributed by atoms with Gasteiger partial charge in [0.2, 0.25) is 0 Å². The van der Waals surface area contributed by atoms with Gasteiger partial charge in [0.05, 0.1) is 11.1 Å². The summed E-state index contributed by atoms with van der Waals surface area (Å²) in [6.07, 6.45) is 4.48. The molecule has 3 nitrogen and oxygen atoms in total. The summed E-state index contributed by atoms with van der Waals surface area (Å²) in [7, 11) is -3.92. The molecule has 0 aliphatic heterocycles. The van der Waals surface area contributed by atoms with Gasteiger partial charge >= 0.3 is 0 Å². The van der Waals surface area contributed by atoms with Crippen LogP contribution in [-0.4, -0.2) is 14.5 Å². The van der Waals surface area contributed by atoms with Crippen LogP contribution in [0.4, 0.5) is 0 Å². The maximum absolute atomic E-state index is 13.0. The van der Waals surface area contributed by atoms with E-state index >= 15 is 0 Å². The van der Waals surface area contributed by atoms with Gasteiger partial charge in [-0.15, -0.1) is 0 Å². The fourth-order valence-electron chi connectivity index (χ4n) is 3.60. The Morgan fingerprint density at radius 1 is 0.880 bits per heavy atom. The topological polar surface area (TPSA) is 43.4 Å². The quantitative estimate of drug-likeness (QED) is 0.437. The second kappa shape index (κ2) is 6.60. The molecule has 1 saturated carbocycles. The maximum Gasteiger partial charge on any atom is 0.299 e. The van der Waals surface area contributed by atoms with Gasteiger partial charge in [0.1, 0.15) is 4.90 Å². The predicted molar refractivity (Wildman–Crippen MR) is 102 cm³/mol. The molecule has 0 N–H and O–H groups in total. The number of hydrogen-bond donors (Lipinski definition) is 0. The smallest absolute Gasteiger partial charge is 0.263 e. The lowest BCUT2D eigenvalue weighted by Crippen LogP contribution is -2.21. The molecule has 0 bridgehead atoms. The molecule has 25 heavy (non-hydrogen) atoms. The van der Waals surface area contributed by atoms with Crippen LogP contribution in [0.25, 0.3) is 21.5 Å². The van der Waals surface area contributed by atoms with Crippen molar-refractivity contribution in [3.63, 3.8) is 0 Å². The lowest BCUT2D eigenvalue weighted by Gasteiger charge is -2.22. The molecular weight excluding hydrogens is 356 g/mol. The van der Waals surface area contributed by atoms with Crippen LogP contribution >= 0.6 is 11.6 Å². The average Bonchev–Trinajstić information content (AvgIpc) is 2.60. The van der Waals surface area contributed by atoms with E-state index in [1.54, 1.807) is 6.07 Å². The standard InChI is InChI=1S/C20H19ClO3S/c21-19-11-10-16-12-14-6-4-5-7-15(14)13-18(16)20(19)25(22,23)24-17-8-2-1-3-9-17/h4-7,10-13,17H,1-3,8-9H2. The highest BCUT2D eigenvalue weighted by molar-refractivity contribution is 7.87. The van der Waals surface area contributed by atoms with E-state index in [1.165, 1.54) is 0 Å². The maximum atomic E-state index is 13.0. The monoisotopic (exact) mass is 374 g/mol. The van der Waals surface area contributed by atoms with Gasteiger partial charge in [-0.25, -0.2) is 0 Å². The Morgan fingerprint density at radius 3 is 2.28 bits per heavy atom. The fraction of sp³-hybridized carbons (Fsp3) is 0.300. The first kappa shape index (κ1) is 16.8. The SMILES string of the molecule is O=S(=O)(OC1CCCCC1)c1c(Cl)ccc2cc3ccccc3cc12. The first-order chi connectivity index (χ1) is 12.0. The highest BCUT2D eigenvalue weighted by atomic mass is 35.5. The van der Waals surface area contributed by atoms with Crippen molar-refractivity contribution in [3.8, 4) is 0 Å². The van der Waals surface area contributed by atoms with E-state index in [0.29, 0.717) is 5.39 Å². The molecule has 0 unspecified atom stereocenters. The van der Waals surface area contributed by atoms with Crippen molar-refractivity contribution < 1.29 is 12.6 Å². The zero-order chi connectivity index (χ0) is 17.4. The summed E-state index contributed by atoms with van der Waals surface area (Å²) in [4.78, 5) is 0.0861. The molecule has 0 heterocycles. The molecule has 3 aromatic rings. The first-order valence-corrected chi connectivity index (χ1v) is 10.4. The molecule has 0 spiro atoms. The Morgan fingerprint density at radius 2 is 1.56 bits per heavy atom. The third kappa shape index (κ3) is 3.26. The first-order valence-electron chi connectivity index (χ1n) is 8.59. The van der Waals surface area contributed by atoms with Gasteiger partial charge in [-0.05, 0) is 47.2 Å². The van der Waals surface area contributed by atoms with E-state index in [1.807, 2.05) is 42.5 Å². The van der Waals surface area contributed by atoms with Crippen LogP contribution in [0.15, 0.2) is 53.4 Å². The van der Waals surface area contributed by atoms with Crippen molar-refractivity contribution in [2.75, 3.05) is 0 Å². The van der Waals surface area contributed by atoms with Crippen LogP contribution in [0.1, 0.15) is 32.1 Å². The minimum atomic E-state index is -3.92. The average molecular weight is 375 g/mol. The fourth-order valence-corrected chi connectivity index (χ4v) is 5.45. The lowest BCUT2D eigenvalue weighted by atomic mass is 9.98. The highest BCUT2D eigenvalue weighted by Gasteiger charge is 2.27. The third-order valence-corrected chi connectivity index (χ3v) is 6.75. The van der Waals surface area contributed by atoms with Crippen LogP contribution < -0.4 is 0 Å². The third-order valence-electron chi connectivity index (χ3n) is 4.85. The van der Waals surface area contributed by atoms with Crippen LogP contribution in [0, 0.1) is 0 Å². The molecule has 3 aromatic carbocycles. The van der Waals surface area contributed by atoms with Gasteiger partial charge in [0, 0.05) is 5.39 Å². The summed E-state index contributed by atoms with van der Waals surface area (Å²) in [5, 5.41) is 3.70. The summed E-state index contributed by atoms with van der Waals surface area (Å²) >= 11 is 6.30. The zero-order valence-corrected chi connectivity index (χ0v) is 15.3. The summed E-state index contributed by atoms with van der Waals surface area (Å²) in [5.41, 5.74) is 0. The van der Waals surface area contributed by atoms with E-state index in [2.05, 4.69) is 0 Å².